The molecule has 0 aliphatic heterocycles. The van der Waals surface area contributed by atoms with Crippen molar-refractivity contribution in [2.75, 3.05) is 19.5 Å². The van der Waals surface area contributed by atoms with Gasteiger partial charge in [0.1, 0.15) is 16.6 Å². The molecule has 0 spiro atoms. The first kappa shape index (κ1) is 18.8. The van der Waals surface area contributed by atoms with E-state index in [4.69, 9.17) is 21.1 Å². The lowest BCUT2D eigenvalue weighted by atomic mass is 10.1. The Morgan fingerprint density at radius 3 is 2.70 bits per heavy atom. The molecule has 0 amide bonds. The number of anilines is 1. The Bertz CT molecular complexity index is 1020. The molecule has 27 heavy (non-hydrogen) atoms. The number of ether oxygens (including phenoxy) is 2. The molecule has 0 saturated heterocycles. The number of nitrogens with one attached hydrogen (secondary N) is 1. The fourth-order valence-corrected chi connectivity index (χ4v) is 3.39. The van der Waals surface area contributed by atoms with E-state index in [0.717, 1.165) is 16.9 Å². The van der Waals surface area contributed by atoms with E-state index in [2.05, 4.69) is 16.4 Å². The molecule has 136 valence electrons. The van der Waals surface area contributed by atoms with E-state index in [1.165, 1.54) is 11.3 Å². The van der Waals surface area contributed by atoms with Crippen LogP contribution >= 0.6 is 22.9 Å². The minimum atomic E-state index is 0.437. The normalized spacial score (nSPS) is 11.0. The van der Waals surface area contributed by atoms with Crippen molar-refractivity contribution in [2.24, 2.45) is 0 Å². The first-order valence-corrected chi connectivity index (χ1v) is 9.21. The van der Waals surface area contributed by atoms with Crippen LogP contribution in [0.5, 0.6) is 11.5 Å². The maximum Gasteiger partial charge on any atom is 0.161 e. The van der Waals surface area contributed by atoms with Crippen LogP contribution in [0, 0.1) is 11.3 Å². The molecular formula is C20H16ClN3O2S. The van der Waals surface area contributed by atoms with Crippen LogP contribution in [0.4, 0.5) is 5.69 Å². The van der Waals surface area contributed by atoms with Gasteiger partial charge in [-0.05, 0) is 36.4 Å². The van der Waals surface area contributed by atoms with Crippen LogP contribution in [0.2, 0.25) is 5.02 Å². The number of nitriles is 1. The molecule has 3 rings (SSSR count). The fraction of sp³-hybridized carbons (Fsp3) is 0.100. The molecule has 0 atom stereocenters. The first-order chi connectivity index (χ1) is 13.1. The molecule has 0 aliphatic carbocycles. The summed E-state index contributed by atoms with van der Waals surface area (Å²) in [6.07, 6.45) is 1.63. The van der Waals surface area contributed by atoms with Crippen LogP contribution in [0.25, 0.3) is 16.8 Å². The Morgan fingerprint density at radius 2 is 2.00 bits per heavy atom. The first-order valence-electron chi connectivity index (χ1n) is 7.95. The summed E-state index contributed by atoms with van der Waals surface area (Å²) in [4.78, 5) is 4.58. The Balaban J connectivity index is 1.85. The predicted molar refractivity (Wildman–Crippen MR) is 109 cm³/mol. The molecule has 7 heteroatoms. The van der Waals surface area contributed by atoms with Gasteiger partial charge < -0.3 is 14.8 Å². The van der Waals surface area contributed by atoms with E-state index in [1.54, 1.807) is 32.6 Å². The minimum Gasteiger partial charge on any atom is -0.493 e. The minimum absolute atomic E-state index is 0.437. The lowest BCUT2D eigenvalue weighted by Gasteiger charge is -2.08. The topological polar surface area (TPSA) is 67.2 Å². The number of nitrogens with zero attached hydrogens (tertiary/aromatic N) is 2. The zero-order valence-electron chi connectivity index (χ0n) is 14.7. The number of hydrogen-bond donors (Lipinski definition) is 1. The van der Waals surface area contributed by atoms with Gasteiger partial charge in [-0.25, -0.2) is 4.98 Å². The van der Waals surface area contributed by atoms with Crippen LogP contribution in [0.3, 0.4) is 0 Å². The Kier molecular flexibility index (Phi) is 5.97. The van der Waals surface area contributed by atoms with Crippen LogP contribution in [-0.4, -0.2) is 19.2 Å². The third-order valence-corrected chi connectivity index (χ3v) is 4.85. The number of allylic oxidation sites excluding steroid dienone is 1. The summed E-state index contributed by atoms with van der Waals surface area (Å²) < 4.78 is 10.6. The SMILES string of the molecule is COc1ccc(-c2csc(C(C#N)=CNc3cccc(Cl)c3)n2)cc1OC. The van der Waals surface area contributed by atoms with Crippen molar-refractivity contribution in [1.29, 1.82) is 5.26 Å². The zero-order valence-corrected chi connectivity index (χ0v) is 16.3. The summed E-state index contributed by atoms with van der Waals surface area (Å²) in [5.74, 6) is 1.28. The van der Waals surface area contributed by atoms with Gasteiger partial charge in [0.15, 0.2) is 11.5 Å². The van der Waals surface area contributed by atoms with Crippen LogP contribution in [0.1, 0.15) is 5.01 Å². The predicted octanol–water partition coefficient (Wildman–Crippen LogP) is 5.46. The highest BCUT2D eigenvalue weighted by molar-refractivity contribution is 7.11. The molecule has 0 unspecified atom stereocenters. The average Bonchev–Trinajstić information content (AvgIpc) is 3.18. The van der Waals surface area contributed by atoms with E-state index in [9.17, 15) is 5.26 Å². The van der Waals surface area contributed by atoms with Crippen LogP contribution in [0.15, 0.2) is 54.0 Å². The maximum absolute atomic E-state index is 9.49. The van der Waals surface area contributed by atoms with Crippen molar-refractivity contribution in [2.45, 2.75) is 0 Å². The van der Waals surface area contributed by atoms with Gasteiger partial charge in [0, 0.05) is 27.9 Å². The maximum atomic E-state index is 9.49. The van der Waals surface area contributed by atoms with E-state index in [-0.39, 0.29) is 0 Å². The number of hydrogen-bond acceptors (Lipinski definition) is 6. The molecule has 5 nitrogen and oxygen atoms in total. The average molecular weight is 398 g/mol. The highest BCUT2D eigenvalue weighted by Crippen LogP contribution is 2.33. The second-order valence-electron chi connectivity index (χ2n) is 5.43. The third-order valence-electron chi connectivity index (χ3n) is 3.74. The number of benzene rings is 2. The summed E-state index contributed by atoms with van der Waals surface area (Å²) in [6, 6.07) is 15.0. The van der Waals surface area contributed by atoms with Gasteiger partial charge in [-0.1, -0.05) is 17.7 Å². The lowest BCUT2D eigenvalue weighted by Crippen LogP contribution is -1.92. The summed E-state index contributed by atoms with van der Waals surface area (Å²) in [5, 5.41) is 15.7. The largest absolute Gasteiger partial charge is 0.493 e. The number of halogens is 1. The van der Waals surface area contributed by atoms with Crippen molar-refractivity contribution in [1.82, 2.24) is 4.98 Å². The molecular weight excluding hydrogens is 382 g/mol. The van der Waals surface area contributed by atoms with E-state index in [0.29, 0.717) is 27.1 Å². The molecule has 0 fully saturated rings. The molecule has 0 aliphatic rings. The standard InChI is InChI=1S/C20H16ClN3O2S/c1-25-18-7-6-13(8-19(18)26-2)17-12-27-20(24-17)14(10-22)11-23-16-5-3-4-15(21)9-16/h3-9,11-12,23H,1-2H3. The molecule has 3 aromatic rings. The smallest absolute Gasteiger partial charge is 0.161 e. The number of rotatable bonds is 6. The second-order valence-corrected chi connectivity index (χ2v) is 6.73. The van der Waals surface area contributed by atoms with Gasteiger partial charge in [-0.2, -0.15) is 5.26 Å². The van der Waals surface area contributed by atoms with Gasteiger partial charge >= 0.3 is 0 Å². The van der Waals surface area contributed by atoms with Gasteiger partial charge in [-0.15, -0.1) is 11.3 Å². The highest BCUT2D eigenvalue weighted by Gasteiger charge is 2.11. The highest BCUT2D eigenvalue weighted by atomic mass is 35.5. The molecule has 1 aromatic heterocycles. The quantitative estimate of drug-likeness (QED) is 0.559. The van der Waals surface area contributed by atoms with Crippen molar-refractivity contribution in [3.8, 4) is 28.8 Å². The molecule has 1 N–H and O–H groups in total. The summed E-state index contributed by atoms with van der Waals surface area (Å²) in [5.41, 5.74) is 2.88. The molecule has 0 saturated carbocycles. The molecule has 0 radical (unpaired) electrons. The monoisotopic (exact) mass is 397 g/mol. The van der Waals surface area contributed by atoms with Crippen molar-refractivity contribution >= 4 is 34.2 Å². The van der Waals surface area contributed by atoms with Crippen LogP contribution in [-0.2, 0) is 0 Å². The van der Waals surface area contributed by atoms with Crippen molar-refractivity contribution < 1.29 is 9.47 Å². The van der Waals surface area contributed by atoms with E-state index < -0.39 is 0 Å². The van der Waals surface area contributed by atoms with Crippen molar-refractivity contribution in [3.05, 3.63) is 64.1 Å². The Morgan fingerprint density at radius 1 is 1.19 bits per heavy atom. The van der Waals surface area contributed by atoms with E-state index >= 15 is 0 Å². The third kappa shape index (κ3) is 4.40. The lowest BCUT2D eigenvalue weighted by molar-refractivity contribution is 0.355. The number of thiazole rings is 1. The van der Waals surface area contributed by atoms with Crippen molar-refractivity contribution in [3.63, 3.8) is 0 Å². The van der Waals surface area contributed by atoms with Gasteiger partial charge in [0.2, 0.25) is 0 Å². The molecule has 0 bridgehead atoms. The van der Waals surface area contributed by atoms with Crippen LogP contribution < -0.4 is 14.8 Å². The Hall–Kier alpha value is -3.01. The second kappa shape index (κ2) is 8.58. The van der Waals surface area contributed by atoms with Gasteiger partial charge in [-0.3, -0.25) is 0 Å². The van der Waals surface area contributed by atoms with Gasteiger partial charge in [0.25, 0.3) is 0 Å². The molecule has 1 heterocycles. The summed E-state index contributed by atoms with van der Waals surface area (Å²) in [6.45, 7) is 0. The summed E-state index contributed by atoms with van der Waals surface area (Å²) in [7, 11) is 3.18. The fourth-order valence-electron chi connectivity index (χ4n) is 2.40. The molecule has 2 aromatic carbocycles. The number of aromatic nitrogens is 1. The zero-order chi connectivity index (χ0) is 19.2. The summed E-state index contributed by atoms with van der Waals surface area (Å²) >= 11 is 7.37. The van der Waals surface area contributed by atoms with E-state index in [1.807, 2.05) is 35.7 Å². The van der Waals surface area contributed by atoms with Gasteiger partial charge in [0.05, 0.1) is 19.9 Å². The number of methoxy groups -OCH3 is 2. The Labute approximate surface area is 166 Å².